The van der Waals surface area contributed by atoms with Crippen LogP contribution in [-0.4, -0.2) is 44.7 Å². The Labute approximate surface area is 251 Å². The van der Waals surface area contributed by atoms with E-state index in [-0.39, 0.29) is 53.1 Å². The third kappa shape index (κ3) is 6.88. The van der Waals surface area contributed by atoms with Crippen molar-refractivity contribution in [2.45, 2.75) is 168 Å². The smallest absolute Gasteiger partial charge is 0.303 e. The average Bonchev–Trinajstić information content (AvgIpc) is 3.28. The van der Waals surface area contributed by atoms with Crippen molar-refractivity contribution in [1.82, 2.24) is 0 Å². The van der Waals surface area contributed by atoms with E-state index in [0.29, 0.717) is 24.2 Å². The maximum Gasteiger partial charge on any atom is 0.303 e. The molecule has 41 heavy (non-hydrogen) atoms. The van der Waals surface area contributed by atoms with Crippen LogP contribution in [0.3, 0.4) is 0 Å². The number of fused-ring (bicyclic) bond motifs is 5. The summed E-state index contributed by atoms with van der Waals surface area (Å²) in [5.41, 5.74) is -0.207. The van der Waals surface area contributed by atoms with Gasteiger partial charge < -0.3 is 20.4 Å². The summed E-state index contributed by atoms with van der Waals surface area (Å²) in [5.74, 6) is 1.36. The molecule has 0 saturated heterocycles. The molecule has 0 aromatic heterocycles. The number of aliphatic carboxylic acids is 1. The Bertz CT molecular complexity index is 831. The van der Waals surface area contributed by atoms with Gasteiger partial charge in [-0.05, 0) is 104 Å². The molecule has 4 N–H and O–H groups in total. The molecule has 0 heterocycles. The lowest BCUT2D eigenvalue weighted by molar-refractivity contribution is -0.223. The molecule has 4 saturated carbocycles. The third-order valence-corrected chi connectivity index (χ3v) is 13.6. The van der Waals surface area contributed by atoms with Gasteiger partial charge in [0, 0.05) is 6.42 Å². The maximum absolute atomic E-state index is 11.9. The molecule has 0 aliphatic heterocycles. The minimum atomic E-state index is -0.740. The van der Waals surface area contributed by atoms with Crippen LogP contribution in [0.1, 0.15) is 150 Å². The second-order valence-electron chi connectivity index (χ2n) is 15.7. The number of aliphatic hydroxyl groups excluding tert-OH is 3. The number of aliphatic hydroxyl groups is 3. The van der Waals surface area contributed by atoms with Gasteiger partial charge in [0.05, 0.1) is 18.3 Å². The van der Waals surface area contributed by atoms with Gasteiger partial charge in [0.25, 0.3) is 0 Å². The lowest BCUT2D eigenvalue weighted by Gasteiger charge is -2.65. The molecule has 0 aromatic carbocycles. The molecule has 0 bridgehead atoms. The normalized spacial score (nSPS) is 42.8. The first-order valence-corrected chi connectivity index (χ1v) is 17.8. The van der Waals surface area contributed by atoms with E-state index in [9.17, 15) is 25.2 Å². The van der Waals surface area contributed by atoms with Crippen LogP contribution in [0.15, 0.2) is 0 Å². The van der Waals surface area contributed by atoms with Crippen molar-refractivity contribution in [3.05, 3.63) is 0 Å². The summed E-state index contributed by atoms with van der Waals surface area (Å²) in [6, 6.07) is 0. The van der Waals surface area contributed by atoms with E-state index >= 15 is 0 Å². The fraction of sp³-hybridized carbons (Fsp3) is 0.972. The van der Waals surface area contributed by atoms with E-state index in [1.54, 1.807) is 0 Å². The summed E-state index contributed by atoms with van der Waals surface area (Å²) < 4.78 is 0. The fourth-order valence-corrected chi connectivity index (χ4v) is 11.2. The highest BCUT2D eigenvalue weighted by molar-refractivity contribution is 5.66. The summed E-state index contributed by atoms with van der Waals surface area (Å²) in [5, 5.41) is 43.8. The summed E-state index contributed by atoms with van der Waals surface area (Å²) in [7, 11) is 0. The van der Waals surface area contributed by atoms with Crippen LogP contribution in [0.25, 0.3) is 0 Å². The van der Waals surface area contributed by atoms with Crippen LogP contribution in [-0.2, 0) is 4.79 Å². The summed E-state index contributed by atoms with van der Waals surface area (Å²) in [6.45, 7) is 9.19. The van der Waals surface area contributed by atoms with E-state index in [4.69, 9.17) is 0 Å². The Hall–Kier alpha value is -0.650. The molecule has 0 radical (unpaired) electrons. The van der Waals surface area contributed by atoms with Gasteiger partial charge in [-0.25, -0.2) is 0 Å². The molecule has 5 nitrogen and oxygen atoms in total. The van der Waals surface area contributed by atoms with Crippen LogP contribution in [0.2, 0.25) is 0 Å². The molecule has 238 valence electrons. The lowest BCUT2D eigenvalue weighted by Crippen LogP contribution is -2.64. The van der Waals surface area contributed by atoms with Crippen molar-refractivity contribution in [1.29, 1.82) is 0 Å². The molecule has 4 aliphatic rings. The molecule has 12 unspecified atom stereocenters. The summed E-state index contributed by atoms with van der Waals surface area (Å²) >= 11 is 0. The first-order chi connectivity index (χ1) is 19.5. The van der Waals surface area contributed by atoms with Crippen molar-refractivity contribution >= 4 is 5.97 Å². The highest BCUT2D eigenvalue weighted by Crippen LogP contribution is 2.69. The minimum Gasteiger partial charge on any atom is -0.481 e. The van der Waals surface area contributed by atoms with E-state index in [2.05, 4.69) is 27.7 Å². The van der Waals surface area contributed by atoms with Gasteiger partial charge in [-0.3, -0.25) is 4.79 Å². The van der Waals surface area contributed by atoms with E-state index in [0.717, 1.165) is 44.9 Å². The molecule has 0 aromatic rings. The number of carbonyl (C=O) groups is 1. The molecule has 0 amide bonds. The SMILES string of the molecule is CCCCCCCCCCCCC1CC(O)CC2CC(O)C3C(CC(O)C4(C)C(C(C)CCC(=O)O)CCC34)C12C. The zero-order chi connectivity index (χ0) is 29.8. The number of hydrogen-bond acceptors (Lipinski definition) is 4. The topological polar surface area (TPSA) is 98.0 Å². The number of hydrogen-bond donors (Lipinski definition) is 4. The van der Waals surface area contributed by atoms with Crippen LogP contribution in [0.5, 0.6) is 0 Å². The monoisotopic (exact) mass is 576 g/mol. The Morgan fingerprint density at radius 1 is 0.805 bits per heavy atom. The van der Waals surface area contributed by atoms with Gasteiger partial charge in [0.1, 0.15) is 0 Å². The van der Waals surface area contributed by atoms with Crippen molar-refractivity contribution in [2.75, 3.05) is 0 Å². The van der Waals surface area contributed by atoms with Crippen LogP contribution < -0.4 is 0 Å². The third-order valence-electron chi connectivity index (χ3n) is 13.6. The van der Waals surface area contributed by atoms with Crippen molar-refractivity contribution < 1.29 is 25.2 Å². The van der Waals surface area contributed by atoms with E-state index in [1.807, 2.05) is 0 Å². The first-order valence-electron chi connectivity index (χ1n) is 17.8. The Kier molecular flexibility index (Phi) is 11.7. The average molecular weight is 577 g/mol. The zero-order valence-electron chi connectivity index (χ0n) is 26.9. The highest BCUT2D eigenvalue weighted by atomic mass is 16.4. The predicted molar refractivity (Wildman–Crippen MR) is 165 cm³/mol. The molecule has 0 spiro atoms. The Morgan fingerprint density at radius 3 is 2.07 bits per heavy atom. The van der Waals surface area contributed by atoms with Crippen LogP contribution in [0.4, 0.5) is 0 Å². The molecule has 4 aliphatic carbocycles. The fourth-order valence-electron chi connectivity index (χ4n) is 11.2. The van der Waals surface area contributed by atoms with Crippen LogP contribution in [0, 0.1) is 52.3 Å². The van der Waals surface area contributed by atoms with Crippen molar-refractivity contribution in [3.8, 4) is 0 Å². The number of carboxylic acids is 1. The van der Waals surface area contributed by atoms with Gasteiger partial charge >= 0.3 is 5.97 Å². The van der Waals surface area contributed by atoms with E-state index < -0.39 is 12.1 Å². The second-order valence-corrected chi connectivity index (χ2v) is 15.7. The van der Waals surface area contributed by atoms with Crippen molar-refractivity contribution in [2.24, 2.45) is 52.3 Å². The van der Waals surface area contributed by atoms with Gasteiger partial charge in [0.2, 0.25) is 0 Å². The molecule has 5 heteroatoms. The summed E-state index contributed by atoms with van der Waals surface area (Å²) in [4.78, 5) is 11.3. The minimum absolute atomic E-state index is 0.0533. The molecular formula is C36H64O5. The second kappa shape index (κ2) is 14.4. The van der Waals surface area contributed by atoms with Crippen molar-refractivity contribution in [3.63, 3.8) is 0 Å². The number of unbranched alkanes of at least 4 members (excludes halogenated alkanes) is 9. The molecular weight excluding hydrogens is 512 g/mol. The van der Waals surface area contributed by atoms with Gasteiger partial charge in [-0.2, -0.15) is 0 Å². The molecule has 4 rings (SSSR count). The largest absolute Gasteiger partial charge is 0.481 e. The first kappa shape index (κ1) is 33.2. The highest BCUT2D eigenvalue weighted by Gasteiger charge is 2.67. The maximum atomic E-state index is 11.9. The predicted octanol–water partition coefficient (Wildman–Crippen LogP) is 7.99. The van der Waals surface area contributed by atoms with Gasteiger partial charge in [0.15, 0.2) is 0 Å². The lowest BCUT2D eigenvalue weighted by atomic mass is 9.40. The molecule has 4 fully saturated rings. The Morgan fingerprint density at radius 2 is 1.44 bits per heavy atom. The standard InChI is InChI=1S/C36H64O5/c1-5-6-7-8-9-10-11-12-13-14-15-25-20-27(37)21-26-22-31(38)34-29-18-17-28(24(2)16-19-33(40)41)36(29,4)32(39)23-30(34)35(25,26)3/h24-32,34,37-39H,5-23H2,1-4H3,(H,40,41). The molecule has 12 atom stereocenters. The zero-order valence-corrected chi connectivity index (χ0v) is 26.9. The van der Waals surface area contributed by atoms with Gasteiger partial charge in [-0.15, -0.1) is 0 Å². The number of carboxylic acid groups (broad SMARTS) is 1. The van der Waals surface area contributed by atoms with E-state index in [1.165, 1.54) is 64.2 Å². The van der Waals surface area contributed by atoms with Crippen LogP contribution >= 0.6 is 0 Å². The number of rotatable bonds is 15. The van der Waals surface area contributed by atoms with Gasteiger partial charge in [-0.1, -0.05) is 91.9 Å². The Balaban J connectivity index is 1.42. The summed E-state index contributed by atoms with van der Waals surface area (Å²) in [6.07, 6.45) is 19.5. The quantitative estimate of drug-likeness (QED) is 0.148.